The van der Waals surface area contributed by atoms with Gasteiger partial charge in [-0.25, -0.2) is 0 Å². The van der Waals surface area contributed by atoms with E-state index in [4.69, 9.17) is 4.74 Å². The summed E-state index contributed by atoms with van der Waals surface area (Å²) in [4.78, 5) is 11.6. The van der Waals surface area contributed by atoms with Crippen LogP contribution in [-0.4, -0.2) is 30.8 Å². The fraction of sp³-hybridized carbons (Fsp3) is 0.500. The summed E-state index contributed by atoms with van der Waals surface area (Å²) < 4.78 is 5.85. The summed E-state index contributed by atoms with van der Waals surface area (Å²) in [7, 11) is 1.61. The van der Waals surface area contributed by atoms with E-state index in [0.29, 0.717) is 19.4 Å². The summed E-state index contributed by atoms with van der Waals surface area (Å²) >= 11 is 3.34. The number of hydrogen-bond donors (Lipinski definition) is 2. The van der Waals surface area contributed by atoms with E-state index in [9.17, 15) is 9.90 Å². The SMILES string of the molecule is COCCCC(=O)NC(C)C(O)c1ccc(Br)cc1. The van der Waals surface area contributed by atoms with Crippen molar-refractivity contribution >= 4 is 21.8 Å². The molecule has 0 saturated heterocycles. The van der Waals surface area contributed by atoms with Crippen LogP contribution in [0.2, 0.25) is 0 Å². The number of halogens is 1. The van der Waals surface area contributed by atoms with E-state index >= 15 is 0 Å². The van der Waals surface area contributed by atoms with E-state index in [2.05, 4.69) is 21.2 Å². The Hall–Kier alpha value is -0.910. The van der Waals surface area contributed by atoms with Gasteiger partial charge in [-0.1, -0.05) is 28.1 Å². The van der Waals surface area contributed by atoms with Crippen LogP contribution in [0.3, 0.4) is 0 Å². The van der Waals surface area contributed by atoms with Crippen LogP contribution in [0.4, 0.5) is 0 Å². The highest BCUT2D eigenvalue weighted by Gasteiger charge is 2.18. The van der Waals surface area contributed by atoms with Gasteiger partial charge in [0, 0.05) is 24.6 Å². The van der Waals surface area contributed by atoms with Gasteiger partial charge in [-0.05, 0) is 31.0 Å². The predicted octanol–water partition coefficient (Wildman–Crippen LogP) is 2.41. The van der Waals surface area contributed by atoms with Gasteiger partial charge in [0.1, 0.15) is 0 Å². The van der Waals surface area contributed by atoms with E-state index in [0.717, 1.165) is 10.0 Å². The first-order valence-corrected chi connectivity index (χ1v) is 7.05. The molecule has 106 valence electrons. The Morgan fingerprint density at radius 1 is 1.42 bits per heavy atom. The number of methoxy groups -OCH3 is 1. The van der Waals surface area contributed by atoms with Crippen molar-refractivity contribution in [1.82, 2.24) is 5.32 Å². The Morgan fingerprint density at radius 2 is 2.05 bits per heavy atom. The van der Waals surface area contributed by atoms with Crippen molar-refractivity contribution in [3.8, 4) is 0 Å². The zero-order chi connectivity index (χ0) is 14.3. The quantitative estimate of drug-likeness (QED) is 0.755. The van der Waals surface area contributed by atoms with E-state index in [1.807, 2.05) is 24.3 Å². The maximum Gasteiger partial charge on any atom is 0.220 e. The van der Waals surface area contributed by atoms with Gasteiger partial charge >= 0.3 is 0 Å². The summed E-state index contributed by atoms with van der Waals surface area (Å²) in [5.74, 6) is -0.0688. The monoisotopic (exact) mass is 329 g/mol. The molecule has 2 atom stereocenters. The summed E-state index contributed by atoms with van der Waals surface area (Å²) in [5, 5.41) is 12.9. The normalized spacial score (nSPS) is 13.9. The number of aliphatic hydroxyl groups excluding tert-OH is 1. The number of carbonyl (C=O) groups excluding carboxylic acids is 1. The zero-order valence-electron chi connectivity index (χ0n) is 11.2. The molecular formula is C14H20BrNO3. The fourth-order valence-corrected chi connectivity index (χ4v) is 2.00. The minimum absolute atomic E-state index is 0.0688. The molecule has 0 aliphatic heterocycles. The summed E-state index contributed by atoms with van der Waals surface area (Å²) in [5.41, 5.74) is 0.785. The lowest BCUT2D eigenvalue weighted by atomic mass is 10.0. The van der Waals surface area contributed by atoms with Gasteiger partial charge in [0.25, 0.3) is 0 Å². The van der Waals surface area contributed by atoms with E-state index in [-0.39, 0.29) is 11.9 Å². The molecule has 2 N–H and O–H groups in total. The third-order valence-electron chi connectivity index (χ3n) is 2.83. The molecular weight excluding hydrogens is 310 g/mol. The van der Waals surface area contributed by atoms with Gasteiger partial charge in [-0.2, -0.15) is 0 Å². The highest BCUT2D eigenvalue weighted by Crippen LogP contribution is 2.19. The minimum Gasteiger partial charge on any atom is -0.386 e. The van der Waals surface area contributed by atoms with E-state index in [1.54, 1.807) is 14.0 Å². The number of ether oxygens (including phenoxy) is 1. The molecule has 0 aliphatic rings. The van der Waals surface area contributed by atoms with E-state index < -0.39 is 6.10 Å². The highest BCUT2D eigenvalue weighted by molar-refractivity contribution is 9.10. The topological polar surface area (TPSA) is 58.6 Å². The first-order valence-electron chi connectivity index (χ1n) is 6.26. The Labute approximate surface area is 122 Å². The molecule has 0 aliphatic carbocycles. The number of benzene rings is 1. The predicted molar refractivity (Wildman–Crippen MR) is 77.8 cm³/mol. The molecule has 5 heteroatoms. The lowest BCUT2D eigenvalue weighted by molar-refractivity contribution is -0.122. The molecule has 0 bridgehead atoms. The second kappa shape index (κ2) is 8.30. The average Bonchev–Trinajstić information content (AvgIpc) is 2.39. The summed E-state index contributed by atoms with van der Waals surface area (Å²) in [6.45, 7) is 2.36. The maximum absolute atomic E-state index is 11.6. The number of rotatable bonds is 7. The molecule has 0 aromatic heterocycles. The van der Waals surface area contributed by atoms with Crippen LogP contribution in [0.5, 0.6) is 0 Å². The lowest BCUT2D eigenvalue weighted by Crippen LogP contribution is -2.37. The lowest BCUT2D eigenvalue weighted by Gasteiger charge is -2.20. The smallest absolute Gasteiger partial charge is 0.220 e. The molecule has 1 rings (SSSR count). The summed E-state index contributed by atoms with van der Waals surface area (Å²) in [6, 6.07) is 7.08. The molecule has 4 nitrogen and oxygen atoms in total. The van der Waals surface area contributed by atoms with Gasteiger partial charge in [0.2, 0.25) is 5.91 Å². The number of carbonyl (C=O) groups is 1. The van der Waals surface area contributed by atoms with Gasteiger partial charge < -0.3 is 15.2 Å². The van der Waals surface area contributed by atoms with Crippen LogP contribution in [0.1, 0.15) is 31.4 Å². The van der Waals surface area contributed by atoms with Crippen molar-refractivity contribution in [2.45, 2.75) is 31.9 Å². The largest absolute Gasteiger partial charge is 0.386 e. The van der Waals surface area contributed by atoms with Crippen LogP contribution < -0.4 is 5.32 Å². The molecule has 0 radical (unpaired) electrons. The third-order valence-corrected chi connectivity index (χ3v) is 3.35. The van der Waals surface area contributed by atoms with Crippen LogP contribution in [-0.2, 0) is 9.53 Å². The molecule has 0 saturated carbocycles. The van der Waals surface area contributed by atoms with Gasteiger partial charge in [0.15, 0.2) is 0 Å². The second-order valence-corrected chi connectivity index (χ2v) is 5.36. The molecule has 19 heavy (non-hydrogen) atoms. The molecule has 1 aromatic rings. The molecule has 1 aromatic carbocycles. The van der Waals surface area contributed by atoms with Crippen molar-refractivity contribution in [3.63, 3.8) is 0 Å². The molecule has 2 unspecified atom stereocenters. The molecule has 1 amide bonds. The number of hydrogen-bond acceptors (Lipinski definition) is 3. The van der Waals surface area contributed by atoms with Crippen molar-refractivity contribution in [3.05, 3.63) is 34.3 Å². The minimum atomic E-state index is -0.709. The number of amides is 1. The Balaban J connectivity index is 2.46. The van der Waals surface area contributed by atoms with Crippen LogP contribution >= 0.6 is 15.9 Å². The average molecular weight is 330 g/mol. The van der Waals surface area contributed by atoms with Crippen LogP contribution in [0.25, 0.3) is 0 Å². The standard InChI is InChI=1S/C14H20BrNO3/c1-10(16-13(17)4-3-9-19-2)14(18)11-5-7-12(15)8-6-11/h5-8,10,14,18H,3-4,9H2,1-2H3,(H,16,17). The van der Waals surface area contributed by atoms with Crippen molar-refractivity contribution in [2.24, 2.45) is 0 Å². The highest BCUT2D eigenvalue weighted by atomic mass is 79.9. The molecule has 0 heterocycles. The van der Waals surface area contributed by atoms with Crippen LogP contribution in [0, 0.1) is 0 Å². The Bertz CT molecular complexity index is 394. The van der Waals surface area contributed by atoms with Gasteiger partial charge in [-0.3, -0.25) is 4.79 Å². The number of nitrogens with one attached hydrogen (secondary N) is 1. The molecule has 0 spiro atoms. The van der Waals surface area contributed by atoms with Gasteiger partial charge in [0.05, 0.1) is 12.1 Å². The van der Waals surface area contributed by atoms with Gasteiger partial charge in [-0.15, -0.1) is 0 Å². The van der Waals surface area contributed by atoms with Crippen LogP contribution in [0.15, 0.2) is 28.7 Å². The first kappa shape index (κ1) is 16.1. The molecule has 0 fully saturated rings. The maximum atomic E-state index is 11.6. The first-order chi connectivity index (χ1) is 9.04. The zero-order valence-corrected chi connectivity index (χ0v) is 12.8. The van der Waals surface area contributed by atoms with Crippen molar-refractivity contribution in [2.75, 3.05) is 13.7 Å². The van der Waals surface area contributed by atoms with Crippen molar-refractivity contribution < 1.29 is 14.6 Å². The van der Waals surface area contributed by atoms with E-state index in [1.165, 1.54) is 0 Å². The second-order valence-electron chi connectivity index (χ2n) is 4.45. The Morgan fingerprint density at radius 3 is 2.63 bits per heavy atom. The van der Waals surface area contributed by atoms with Crippen molar-refractivity contribution in [1.29, 1.82) is 0 Å². The number of aliphatic hydroxyl groups is 1. The third kappa shape index (κ3) is 5.72. The fourth-order valence-electron chi connectivity index (χ4n) is 1.73. The summed E-state index contributed by atoms with van der Waals surface area (Å²) in [6.07, 6.45) is 0.383. The Kier molecular flexibility index (Phi) is 7.05.